The van der Waals surface area contributed by atoms with Crippen LogP contribution in [0.1, 0.15) is 47.0 Å². The Labute approximate surface area is 84.5 Å². The first-order chi connectivity index (χ1) is 5.95. The van der Waals surface area contributed by atoms with Crippen molar-refractivity contribution < 1.29 is 0 Å². The van der Waals surface area contributed by atoms with Gasteiger partial charge in [-0.2, -0.15) is 0 Å². The van der Waals surface area contributed by atoms with Gasteiger partial charge in [0.05, 0.1) is 0 Å². The highest BCUT2D eigenvalue weighted by Crippen LogP contribution is 2.18. The van der Waals surface area contributed by atoms with Crippen molar-refractivity contribution in [1.82, 2.24) is 4.90 Å². The van der Waals surface area contributed by atoms with Crippen LogP contribution < -0.4 is 0 Å². The molecule has 0 saturated heterocycles. The van der Waals surface area contributed by atoms with E-state index < -0.39 is 0 Å². The van der Waals surface area contributed by atoms with Crippen LogP contribution in [0.3, 0.4) is 0 Å². The molecule has 0 aromatic heterocycles. The normalized spacial score (nSPS) is 16.6. The van der Waals surface area contributed by atoms with Crippen LogP contribution in [0.2, 0.25) is 0 Å². The van der Waals surface area contributed by atoms with Gasteiger partial charge in [0.1, 0.15) is 0 Å². The fourth-order valence-corrected chi connectivity index (χ4v) is 1.33. The van der Waals surface area contributed by atoms with Crippen LogP contribution in [0.15, 0.2) is 0 Å². The molecule has 13 heavy (non-hydrogen) atoms. The molecule has 2 unspecified atom stereocenters. The molecule has 1 heteroatoms. The minimum Gasteiger partial charge on any atom is -0.307 e. The van der Waals surface area contributed by atoms with E-state index in [2.05, 4.69) is 46.7 Å². The van der Waals surface area contributed by atoms with Crippen LogP contribution in [0.4, 0.5) is 0 Å². The Bertz CT molecular complexity index is 104. The van der Waals surface area contributed by atoms with E-state index >= 15 is 0 Å². The molecule has 2 atom stereocenters. The largest absolute Gasteiger partial charge is 0.307 e. The Morgan fingerprint density at radius 2 is 1.46 bits per heavy atom. The standard InChI is InChI=1S/C12H27N/c1-10(2)11(3)8-7-9-12(4)13(5)6/h10-12H,7-9H2,1-6H3. The molecule has 80 valence electrons. The lowest BCUT2D eigenvalue weighted by atomic mass is 9.92. The van der Waals surface area contributed by atoms with Crippen LogP contribution in [0.5, 0.6) is 0 Å². The summed E-state index contributed by atoms with van der Waals surface area (Å²) in [4.78, 5) is 2.31. The van der Waals surface area contributed by atoms with Crippen molar-refractivity contribution in [2.45, 2.75) is 53.0 Å². The molecule has 0 rings (SSSR count). The van der Waals surface area contributed by atoms with Crippen molar-refractivity contribution >= 4 is 0 Å². The first-order valence-electron chi connectivity index (χ1n) is 5.61. The first kappa shape index (κ1) is 13.0. The van der Waals surface area contributed by atoms with Gasteiger partial charge in [-0.3, -0.25) is 0 Å². The Kier molecular flexibility index (Phi) is 6.40. The predicted octanol–water partition coefficient (Wildman–Crippen LogP) is 3.40. The van der Waals surface area contributed by atoms with E-state index in [-0.39, 0.29) is 0 Å². The second-order valence-electron chi connectivity index (χ2n) is 4.96. The number of nitrogens with zero attached hydrogens (tertiary/aromatic N) is 1. The Balaban J connectivity index is 3.45. The van der Waals surface area contributed by atoms with Gasteiger partial charge < -0.3 is 4.90 Å². The summed E-state index contributed by atoms with van der Waals surface area (Å²) in [6.07, 6.45) is 4.10. The van der Waals surface area contributed by atoms with E-state index in [0.717, 1.165) is 17.9 Å². The van der Waals surface area contributed by atoms with Crippen molar-refractivity contribution in [2.75, 3.05) is 14.1 Å². The molecule has 0 saturated carbocycles. The summed E-state index contributed by atoms with van der Waals surface area (Å²) >= 11 is 0. The summed E-state index contributed by atoms with van der Waals surface area (Å²) in [7, 11) is 4.33. The zero-order valence-corrected chi connectivity index (χ0v) is 10.3. The maximum atomic E-state index is 2.37. The van der Waals surface area contributed by atoms with Gasteiger partial charge in [0, 0.05) is 6.04 Å². The first-order valence-corrected chi connectivity index (χ1v) is 5.61. The van der Waals surface area contributed by atoms with Crippen LogP contribution >= 0.6 is 0 Å². The van der Waals surface area contributed by atoms with E-state index in [1.54, 1.807) is 0 Å². The summed E-state index contributed by atoms with van der Waals surface area (Å²) in [5, 5.41) is 0. The number of rotatable bonds is 6. The Morgan fingerprint density at radius 3 is 1.85 bits per heavy atom. The molecule has 0 spiro atoms. The van der Waals surface area contributed by atoms with E-state index in [1.807, 2.05) is 0 Å². The highest BCUT2D eigenvalue weighted by molar-refractivity contribution is 4.62. The average Bonchev–Trinajstić information content (AvgIpc) is 2.03. The third-order valence-electron chi connectivity index (χ3n) is 3.30. The topological polar surface area (TPSA) is 3.24 Å². The molecule has 0 heterocycles. The Morgan fingerprint density at radius 1 is 0.923 bits per heavy atom. The number of hydrogen-bond donors (Lipinski definition) is 0. The monoisotopic (exact) mass is 185 g/mol. The van der Waals surface area contributed by atoms with Crippen molar-refractivity contribution in [1.29, 1.82) is 0 Å². The maximum absolute atomic E-state index is 2.37. The van der Waals surface area contributed by atoms with Crippen molar-refractivity contribution in [2.24, 2.45) is 11.8 Å². The quantitative estimate of drug-likeness (QED) is 0.613. The van der Waals surface area contributed by atoms with Crippen LogP contribution in [0, 0.1) is 11.8 Å². The van der Waals surface area contributed by atoms with Gasteiger partial charge in [0.15, 0.2) is 0 Å². The summed E-state index contributed by atoms with van der Waals surface area (Å²) in [6, 6.07) is 0.736. The predicted molar refractivity (Wildman–Crippen MR) is 61.0 cm³/mol. The summed E-state index contributed by atoms with van der Waals surface area (Å²) < 4.78 is 0. The van der Waals surface area contributed by atoms with Gasteiger partial charge in [-0.25, -0.2) is 0 Å². The highest BCUT2D eigenvalue weighted by atomic mass is 15.1. The second-order valence-corrected chi connectivity index (χ2v) is 4.96. The fourth-order valence-electron chi connectivity index (χ4n) is 1.33. The lowest BCUT2D eigenvalue weighted by Crippen LogP contribution is -2.24. The van der Waals surface area contributed by atoms with Gasteiger partial charge in [0.25, 0.3) is 0 Å². The average molecular weight is 185 g/mol. The molecule has 0 aliphatic heterocycles. The molecule has 0 amide bonds. The molecule has 0 radical (unpaired) electrons. The maximum Gasteiger partial charge on any atom is 0.00608 e. The van der Waals surface area contributed by atoms with Gasteiger partial charge in [-0.05, 0) is 39.3 Å². The van der Waals surface area contributed by atoms with E-state index in [4.69, 9.17) is 0 Å². The zero-order valence-electron chi connectivity index (χ0n) is 10.3. The van der Waals surface area contributed by atoms with Gasteiger partial charge >= 0.3 is 0 Å². The molecule has 0 fully saturated rings. The van der Waals surface area contributed by atoms with E-state index in [0.29, 0.717) is 0 Å². The molecule has 0 aliphatic rings. The van der Waals surface area contributed by atoms with Crippen molar-refractivity contribution in [3.05, 3.63) is 0 Å². The van der Waals surface area contributed by atoms with Crippen LogP contribution in [-0.2, 0) is 0 Å². The lowest BCUT2D eigenvalue weighted by Gasteiger charge is -2.21. The molecular weight excluding hydrogens is 158 g/mol. The molecular formula is C12H27N. The molecule has 1 nitrogen and oxygen atoms in total. The third kappa shape index (κ3) is 6.09. The molecule has 0 aliphatic carbocycles. The molecule has 0 aromatic rings. The van der Waals surface area contributed by atoms with Crippen molar-refractivity contribution in [3.63, 3.8) is 0 Å². The molecule has 0 N–H and O–H groups in total. The van der Waals surface area contributed by atoms with Gasteiger partial charge in [-0.15, -0.1) is 0 Å². The fraction of sp³-hybridized carbons (Fsp3) is 1.00. The summed E-state index contributed by atoms with van der Waals surface area (Å²) in [6.45, 7) is 9.31. The lowest BCUT2D eigenvalue weighted by molar-refractivity contribution is 0.279. The minimum absolute atomic E-state index is 0.736. The third-order valence-corrected chi connectivity index (χ3v) is 3.30. The van der Waals surface area contributed by atoms with Crippen molar-refractivity contribution in [3.8, 4) is 0 Å². The smallest absolute Gasteiger partial charge is 0.00608 e. The SMILES string of the molecule is CC(C)C(C)CCCC(C)N(C)C. The zero-order chi connectivity index (χ0) is 10.4. The Hall–Kier alpha value is -0.0400. The van der Waals surface area contributed by atoms with Crippen LogP contribution in [0.25, 0.3) is 0 Å². The number of hydrogen-bond acceptors (Lipinski definition) is 1. The molecule has 0 aromatic carbocycles. The summed E-state index contributed by atoms with van der Waals surface area (Å²) in [5.41, 5.74) is 0. The molecule has 0 bridgehead atoms. The highest BCUT2D eigenvalue weighted by Gasteiger charge is 2.08. The second kappa shape index (κ2) is 6.42. The summed E-state index contributed by atoms with van der Waals surface area (Å²) in [5.74, 6) is 1.73. The van der Waals surface area contributed by atoms with Gasteiger partial charge in [0.2, 0.25) is 0 Å². The van der Waals surface area contributed by atoms with Crippen LogP contribution in [-0.4, -0.2) is 25.0 Å². The van der Waals surface area contributed by atoms with Gasteiger partial charge in [-0.1, -0.05) is 33.6 Å². The minimum atomic E-state index is 0.736. The van der Waals surface area contributed by atoms with E-state index in [1.165, 1.54) is 19.3 Å². The van der Waals surface area contributed by atoms with E-state index in [9.17, 15) is 0 Å².